The number of hydrogen-bond acceptors (Lipinski definition) is 7. The normalized spacial score (nSPS) is 11.9. The fourth-order valence-corrected chi connectivity index (χ4v) is 3.02. The number of carbonyl (C=O) groups excluding carboxylic acids is 1. The number of ether oxygens (including phenoxy) is 2. The summed E-state index contributed by atoms with van der Waals surface area (Å²) in [6.07, 6.45) is -0.223. The van der Waals surface area contributed by atoms with Gasteiger partial charge in [-0.3, -0.25) is 4.79 Å². The average molecular weight is 370 g/mol. The first kappa shape index (κ1) is 18.3. The number of hydrogen-bond donors (Lipinski definition) is 2. The van der Waals surface area contributed by atoms with E-state index in [0.717, 1.165) is 0 Å². The SMILES string of the molecule is COC(=O)CC(c1ccc(OC)c(O)c1)c1c(O)c2ccccc2oc1=O. The van der Waals surface area contributed by atoms with E-state index in [1.54, 1.807) is 30.3 Å². The number of phenols is 1. The molecule has 27 heavy (non-hydrogen) atoms. The third-order valence-electron chi connectivity index (χ3n) is 4.37. The highest BCUT2D eigenvalue weighted by Gasteiger charge is 2.28. The van der Waals surface area contributed by atoms with Crippen LogP contribution in [0.1, 0.15) is 23.5 Å². The number of rotatable bonds is 5. The van der Waals surface area contributed by atoms with Gasteiger partial charge >= 0.3 is 11.6 Å². The van der Waals surface area contributed by atoms with E-state index in [-0.39, 0.29) is 34.8 Å². The fraction of sp³-hybridized carbons (Fsp3) is 0.200. The van der Waals surface area contributed by atoms with Crippen LogP contribution in [0.15, 0.2) is 51.7 Å². The van der Waals surface area contributed by atoms with E-state index in [9.17, 15) is 19.8 Å². The van der Waals surface area contributed by atoms with Gasteiger partial charge in [0, 0.05) is 5.92 Å². The summed E-state index contributed by atoms with van der Waals surface area (Å²) in [6.45, 7) is 0. The van der Waals surface area contributed by atoms with Crippen LogP contribution in [0.3, 0.4) is 0 Å². The van der Waals surface area contributed by atoms with Gasteiger partial charge in [-0.1, -0.05) is 18.2 Å². The lowest BCUT2D eigenvalue weighted by Crippen LogP contribution is -2.18. The second-order valence-corrected chi connectivity index (χ2v) is 5.91. The molecule has 3 aromatic rings. The van der Waals surface area contributed by atoms with E-state index in [1.165, 1.54) is 26.4 Å². The van der Waals surface area contributed by atoms with Crippen LogP contribution in [0.4, 0.5) is 0 Å². The smallest absolute Gasteiger partial charge is 0.343 e. The van der Waals surface area contributed by atoms with Gasteiger partial charge in [0.05, 0.1) is 31.6 Å². The van der Waals surface area contributed by atoms with Gasteiger partial charge in [0.15, 0.2) is 11.5 Å². The van der Waals surface area contributed by atoms with Crippen LogP contribution >= 0.6 is 0 Å². The monoisotopic (exact) mass is 370 g/mol. The zero-order valence-corrected chi connectivity index (χ0v) is 14.8. The number of phenolic OH excluding ortho intramolecular Hbond substituents is 1. The first-order chi connectivity index (χ1) is 13.0. The van der Waals surface area contributed by atoms with Crippen LogP contribution in [0, 0.1) is 0 Å². The van der Waals surface area contributed by atoms with Crippen LogP contribution in [0.2, 0.25) is 0 Å². The quantitative estimate of drug-likeness (QED) is 0.525. The Hall–Kier alpha value is -3.48. The highest BCUT2D eigenvalue weighted by molar-refractivity contribution is 5.84. The zero-order chi connectivity index (χ0) is 19.6. The highest BCUT2D eigenvalue weighted by Crippen LogP contribution is 2.38. The lowest BCUT2D eigenvalue weighted by molar-refractivity contribution is -0.140. The molecular formula is C20H18O7. The molecule has 0 radical (unpaired) electrons. The van der Waals surface area contributed by atoms with Crippen molar-refractivity contribution in [2.75, 3.05) is 14.2 Å². The van der Waals surface area contributed by atoms with Crippen molar-refractivity contribution in [2.24, 2.45) is 0 Å². The second kappa shape index (κ2) is 7.41. The van der Waals surface area contributed by atoms with Crippen molar-refractivity contribution < 1.29 is 28.9 Å². The molecule has 1 unspecified atom stereocenters. The summed E-state index contributed by atoms with van der Waals surface area (Å²) in [5.41, 5.74) is -0.186. The summed E-state index contributed by atoms with van der Waals surface area (Å²) in [4.78, 5) is 24.5. The number of para-hydroxylation sites is 1. The Labute approximate surface area is 154 Å². The van der Waals surface area contributed by atoms with Crippen LogP contribution in [-0.2, 0) is 9.53 Å². The predicted molar refractivity (Wildman–Crippen MR) is 97.3 cm³/mol. The van der Waals surface area contributed by atoms with Gasteiger partial charge in [-0.05, 0) is 29.8 Å². The molecule has 0 fully saturated rings. The van der Waals surface area contributed by atoms with E-state index in [4.69, 9.17) is 13.9 Å². The van der Waals surface area contributed by atoms with E-state index >= 15 is 0 Å². The topological polar surface area (TPSA) is 106 Å². The predicted octanol–water partition coefficient (Wildman–Crippen LogP) is 2.91. The maximum Gasteiger partial charge on any atom is 0.343 e. The minimum atomic E-state index is -0.880. The number of esters is 1. The minimum Gasteiger partial charge on any atom is -0.507 e. The summed E-state index contributed by atoms with van der Waals surface area (Å²) in [7, 11) is 2.64. The molecule has 7 heteroatoms. The molecular weight excluding hydrogens is 352 g/mol. The number of aromatic hydroxyl groups is 2. The number of fused-ring (bicyclic) bond motifs is 1. The van der Waals surface area contributed by atoms with Gasteiger partial charge in [0.2, 0.25) is 0 Å². The van der Waals surface area contributed by atoms with Crippen LogP contribution in [-0.4, -0.2) is 30.4 Å². The van der Waals surface area contributed by atoms with Crippen molar-refractivity contribution in [3.8, 4) is 17.2 Å². The van der Waals surface area contributed by atoms with Crippen LogP contribution in [0.25, 0.3) is 11.0 Å². The first-order valence-corrected chi connectivity index (χ1v) is 8.14. The minimum absolute atomic E-state index is 0.0799. The Morgan fingerprint density at radius 3 is 2.56 bits per heavy atom. The zero-order valence-electron chi connectivity index (χ0n) is 14.8. The Morgan fingerprint density at radius 2 is 1.89 bits per heavy atom. The largest absolute Gasteiger partial charge is 0.507 e. The summed E-state index contributed by atoms with van der Waals surface area (Å²) >= 11 is 0. The molecule has 3 rings (SSSR count). The standard InChI is InChI=1S/C20H18O7/c1-25-16-8-7-11(9-14(16)21)13(10-17(22)26-2)18-19(23)12-5-3-4-6-15(12)27-20(18)24/h3-9,13,21,23H,10H2,1-2H3. The lowest BCUT2D eigenvalue weighted by Gasteiger charge is -2.18. The molecule has 0 aliphatic rings. The third-order valence-corrected chi connectivity index (χ3v) is 4.37. The van der Waals surface area contributed by atoms with Gasteiger partial charge < -0.3 is 24.1 Å². The highest BCUT2D eigenvalue weighted by atomic mass is 16.5. The molecule has 0 aliphatic heterocycles. The molecule has 1 aromatic heterocycles. The molecule has 2 N–H and O–H groups in total. The van der Waals surface area contributed by atoms with Crippen molar-refractivity contribution in [2.45, 2.75) is 12.3 Å². The van der Waals surface area contributed by atoms with Gasteiger partial charge in [-0.15, -0.1) is 0 Å². The van der Waals surface area contributed by atoms with Gasteiger partial charge in [0.1, 0.15) is 11.3 Å². The van der Waals surface area contributed by atoms with Crippen LogP contribution in [0.5, 0.6) is 17.2 Å². The first-order valence-electron chi connectivity index (χ1n) is 8.14. The maximum atomic E-state index is 12.6. The van der Waals surface area contributed by atoms with Crippen molar-refractivity contribution >= 4 is 16.9 Å². The number of methoxy groups -OCH3 is 2. The van der Waals surface area contributed by atoms with Crippen molar-refractivity contribution in [1.29, 1.82) is 0 Å². The summed E-state index contributed by atoms with van der Waals surface area (Å²) in [5.74, 6) is -1.65. The summed E-state index contributed by atoms with van der Waals surface area (Å²) in [6, 6.07) is 11.0. The van der Waals surface area contributed by atoms with E-state index in [1.807, 2.05) is 0 Å². The van der Waals surface area contributed by atoms with E-state index in [2.05, 4.69) is 0 Å². The molecule has 0 bridgehead atoms. The molecule has 0 saturated carbocycles. The lowest BCUT2D eigenvalue weighted by atomic mass is 9.88. The average Bonchev–Trinajstić information content (AvgIpc) is 2.67. The Balaban J connectivity index is 2.22. The van der Waals surface area contributed by atoms with E-state index < -0.39 is 17.5 Å². The summed E-state index contributed by atoms with van der Waals surface area (Å²) in [5, 5.41) is 21.1. The Kier molecular flexibility index (Phi) is 5.03. The number of carbonyl (C=O) groups is 1. The molecule has 1 atom stereocenters. The Bertz CT molecular complexity index is 1050. The third kappa shape index (κ3) is 3.44. The molecule has 0 aliphatic carbocycles. The molecule has 0 saturated heterocycles. The van der Waals surface area contributed by atoms with Crippen molar-refractivity contribution in [1.82, 2.24) is 0 Å². The van der Waals surface area contributed by atoms with Gasteiger partial charge in [-0.25, -0.2) is 4.79 Å². The van der Waals surface area contributed by atoms with E-state index in [0.29, 0.717) is 10.9 Å². The molecule has 1 heterocycles. The van der Waals surface area contributed by atoms with Gasteiger partial charge in [-0.2, -0.15) is 0 Å². The maximum absolute atomic E-state index is 12.6. The molecule has 7 nitrogen and oxygen atoms in total. The molecule has 0 amide bonds. The van der Waals surface area contributed by atoms with Gasteiger partial charge in [0.25, 0.3) is 0 Å². The number of benzene rings is 2. The van der Waals surface area contributed by atoms with Crippen molar-refractivity contribution in [3.05, 3.63) is 64.0 Å². The molecule has 2 aromatic carbocycles. The van der Waals surface area contributed by atoms with Crippen molar-refractivity contribution in [3.63, 3.8) is 0 Å². The van der Waals surface area contributed by atoms with Crippen LogP contribution < -0.4 is 10.4 Å². The summed E-state index contributed by atoms with van der Waals surface area (Å²) < 4.78 is 15.1. The second-order valence-electron chi connectivity index (χ2n) is 5.91. The molecule has 140 valence electrons. The molecule has 0 spiro atoms. The fourth-order valence-electron chi connectivity index (χ4n) is 3.02. The Morgan fingerprint density at radius 1 is 1.15 bits per heavy atom.